The van der Waals surface area contributed by atoms with Crippen molar-refractivity contribution in [2.75, 3.05) is 10.6 Å². The number of rotatable bonds is 5. The van der Waals surface area contributed by atoms with E-state index >= 15 is 0 Å². The average molecular weight is 316 g/mol. The number of hydrogen-bond acceptors (Lipinski definition) is 4. The quantitative estimate of drug-likeness (QED) is 0.888. The lowest BCUT2D eigenvalue weighted by Gasteiger charge is -2.17. The molecule has 122 valence electrons. The molecule has 2 N–H and O–H groups in total. The SMILES string of the molecule is CCc1cnc(C)nc1N[C@H](C)C(=O)Nc1cc(F)ccc1C. The van der Waals surface area contributed by atoms with Crippen LogP contribution < -0.4 is 10.6 Å². The molecule has 0 radical (unpaired) electrons. The number of carbonyl (C=O) groups is 1. The van der Waals surface area contributed by atoms with Crippen LogP contribution in [0.25, 0.3) is 0 Å². The van der Waals surface area contributed by atoms with Crippen molar-refractivity contribution in [1.82, 2.24) is 9.97 Å². The van der Waals surface area contributed by atoms with Gasteiger partial charge in [-0.3, -0.25) is 4.79 Å². The first-order valence-electron chi connectivity index (χ1n) is 7.56. The van der Waals surface area contributed by atoms with Crippen molar-refractivity contribution < 1.29 is 9.18 Å². The highest BCUT2D eigenvalue weighted by Crippen LogP contribution is 2.17. The minimum absolute atomic E-state index is 0.253. The van der Waals surface area contributed by atoms with Crippen molar-refractivity contribution in [3.05, 3.63) is 47.2 Å². The van der Waals surface area contributed by atoms with Gasteiger partial charge in [0.2, 0.25) is 5.91 Å². The van der Waals surface area contributed by atoms with Gasteiger partial charge in [0.25, 0.3) is 0 Å². The Morgan fingerprint density at radius 2 is 2.09 bits per heavy atom. The lowest BCUT2D eigenvalue weighted by molar-refractivity contribution is -0.116. The third-order valence-corrected chi connectivity index (χ3v) is 3.57. The fourth-order valence-electron chi connectivity index (χ4n) is 2.12. The van der Waals surface area contributed by atoms with Gasteiger partial charge in [0.05, 0.1) is 0 Å². The van der Waals surface area contributed by atoms with Crippen LogP contribution in [0.3, 0.4) is 0 Å². The van der Waals surface area contributed by atoms with Gasteiger partial charge < -0.3 is 10.6 Å². The van der Waals surface area contributed by atoms with E-state index in [4.69, 9.17) is 0 Å². The van der Waals surface area contributed by atoms with Crippen LogP contribution in [0.5, 0.6) is 0 Å². The predicted octanol–water partition coefficient (Wildman–Crippen LogP) is 3.23. The van der Waals surface area contributed by atoms with E-state index in [1.807, 2.05) is 13.8 Å². The van der Waals surface area contributed by atoms with E-state index in [-0.39, 0.29) is 11.7 Å². The fourth-order valence-corrected chi connectivity index (χ4v) is 2.12. The van der Waals surface area contributed by atoms with Gasteiger partial charge in [-0.2, -0.15) is 0 Å². The molecule has 6 heteroatoms. The smallest absolute Gasteiger partial charge is 0.246 e. The van der Waals surface area contributed by atoms with Crippen LogP contribution in [0.2, 0.25) is 0 Å². The first kappa shape index (κ1) is 16.9. The third kappa shape index (κ3) is 4.25. The van der Waals surface area contributed by atoms with Gasteiger partial charge in [-0.1, -0.05) is 13.0 Å². The standard InChI is InChI=1S/C17H21FN4O/c1-5-13-9-19-12(4)21-16(13)20-11(3)17(23)22-15-8-14(18)7-6-10(15)2/h6-9,11H,5H2,1-4H3,(H,22,23)(H,19,20,21)/t11-/m1/s1. The Balaban J connectivity index is 2.11. The van der Waals surface area contributed by atoms with Crippen LogP contribution in [0.15, 0.2) is 24.4 Å². The maximum Gasteiger partial charge on any atom is 0.246 e. The monoisotopic (exact) mass is 316 g/mol. The summed E-state index contributed by atoms with van der Waals surface area (Å²) in [7, 11) is 0. The van der Waals surface area contributed by atoms with E-state index in [2.05, 4.69) is 20.6 Å². The summed E-state index contributed by atoms with van der Waals surface area (Å²) in [6, 6.07) is 3.79. The number of aryl methyl sites for hydroxylation is 3. The summed E-state index contributed by atoms with van der Waals surface area (Å²) in [6.07, 6.45) is 2.52. The number of nitrogens with zero attached hydrogens (tertiary/aromatic N) is 2. The van der Waals surface area contributed by atoms with Gasteiger partial charge in [0, 0.05) is 17.4 Å². The zero-order valence-corrected chi connectivity index (χ0v) is 13.8. The van der Waals surface area contributed by atoms with Crippen LogP contribution >= 0.6 is 0 Å². The molecule has 1 aromatic carbocycles. The first-order chi connectivity index (χ1) is 10.9. The second-order valence-corrected chi connectivity index (χ2v) is 5.46. The molecule has 2 rings (SSSR count). The lowest BCUT2D eigenvalue weighted by atomic mass is 10.2. The average Bonchev–Trinajstić information content (AvgIpc) is 2.51. The highest BCUT2D eigenvalue weighted by Gasteiger charge is 2.16. The molecular formula is C17H21FN4O. The third-order valence-electron chi connectivity index (χ3n) is 3.57. The van der Waals surface area contributed by atoms with E-state index in [9.17, 15) is 9.18 Å². The molecule has 1 amide bonds. The van der Waals surface area contributed by atoms with Crippen LogP contribution in [0.4, 0.5) is 15.9 Å². The second-order valence-electron chi connectivity index (χ2n) is 5.46. The van der Waals surface area contributed by atoms with Crippen molar-refractivity contribution in [2.45, 2.75) is 40.2 Å². The number of aromatic nitrogens is 2. The van der Waals surface area contributed by atoms with E-state index < -0.39 is 6.04 Å². The van der Waals surface area contributed by atoms with Gasteiger partial charge in [0.15, 0.2) is 0 Å². The Labute approximate surface area is 135 Å². The van der Waals surface area contributed by atoms with Gasteiger partial charge in [-0.05, 0) is 44.9 Å². The van der Waals surface area contributed by atoms with E-state index in [1.54, 1.807) is 26.1 Å². The summed E-state index contributed by atoms with van der Waals surface area (Å²) in [5.41, 5.74) is 2.22. The zero-order valence-electron chi connectivity index (χ0n) is 13.8. The summed E-state index contributed by atoms with van der Waals surface area (Å²) in [6.45, 7) is 7.35. The molecule has 1 aromatic heterocycles. The molecule has 1 heterocycles. The molecule has 0 spiro atoms. The Morgan fingerprint density at radius 3 is 2.78 bits per heavy atom. The van der Waals surface area contributed by atoms with Crippen LogP contribution in [0, 0.1) is 19.7 Å². The van der Waals surface area contributed by atoms with Crippen molar-refractivity contribution in [3.63, 3.8) is 0 Å². The number of hydrogen-bond donors (Lipinski definition) is 2. The summed E-state index contributed by atoms with van der Waals surface area (Å²) in [5.74, 6) is 0.653. The summed E-state index contributed by atoms with van der Waals surface area (Å²) < 4.78 is 13.3. The molecule has 5 nitrogen and oxygen atoms in total. The topological polar surface area (TPSA) is 66.9 Å². The van der Waals surface area contributed by atoms with Crippen molar-refractivity contribution in [2.24, 2.45) is 0 Å². The molecule has 0 aliphatic heterocycles. The van der Waals surface area contributed by atoms with Gasteiger partial charge in [-0.15, -0.1) is 0 Å². The maximum absolute atomic E-state index is 13.3. The minimum atomic E-state index is -0.516. The molecular weight excluding hydrogens is 295 g/mol. The van der Waals surface area contributed by atoms with Gasteiger partial charge in [-0.25, -0.2) is 14.4 Å². The molecule has 0 saturated carbocycles. The van der Waals surface area contributed by atoms with Crippen LogP contribution in [0.1, 0.15) is 30.8 Å². The first-order valence-corrected chi connectivity index (χ1v) is 7.56. The van der Waals surface area contributed by atoms with Crippen molar-refractivity contribution >= 4 is 17.4 Å². The molecule has 23 heavy (non-hydrogen) atoms. The van der Waals surface area contributed by atoms with E-state index in [1.165, 1.54) is 12.1 Å². The molecule has 0 bridgehead atoms. The normalized spacial score (nSPS) is 11.9. The van der Waals surface area contributed by atoms with Crippen LogP contribution in [-0.4, -0.2) is 21.9 Å². The minimum Gasteiger partial charge on any atom is -0.358 e. The number of nitrogens with one attached hydrogen (secondary N) is 2. The summed E-state index contributed by atoms with van der Waals surface area (Å²) in [5, 5.41) is 5.84. The van der Waals surface area contributed by atoms with E-state index in [0.717, 1.165) is 17.5 Å². The predicted molar refractivity (Wildman–Crippen MR) is 89.0 cm³/mol. The highest BCUT2D eigenvalue weighted by atomic mass is 19.1. The van der Waals surface area contributed by atoms with Crippen molar-refractivity contribution in [1.29, 1.82) is 0 Å². The molecule has 0 saturated heterocycles. The maximum atomic E-state index is 13.3. The molecule has 0 unspecified atom stereocenters. The molecule has 0 fully saturated rings. The summed E-state index contributed by atoms with van der Waals surface area (Å²) in [4.78, 5) is 20.8. The Kier molecular flexibility index (Phi) is 5.26. The number of amides is 1. The van der Waals surface area contributed by atoms with Gasteiger partial charge >= 0.3 is 0 Å². The summed E-state index contributed by atoms with van der Waals surface area (Å²) >= 11 is 0. The van der Waals surface area contributed by atoms with Crippen molar-refractivity contribution in [3.8, 4) is 0 Å². The number of halogens is 1. The molecule has 0 aliphatic rings. The highest BCUT2D eigenvalue weighted by molar-refractivity contribution is 5.96. The number of anilines is 2. The lowest BCUT2D eigenvalue weighted by Crippen LogP contribution is -2.33. The van der Waals surface area contributed by atoms with E-state index in [0.29, 0.717) is 17.3 Å². The largest absolute Gasteiger partial charge is 0.358 e. The van der Waals surface area contributed by atoms with Crippen LogP contribution in [-0.2, 0) is 11.2 Å². The molecule has 0 aliphatic carbocycles. The second kappa shape index (κ2) is 7.17. The number of carbonyl (C=O) groups excluding carboxylic acids is 1. The zero-order chi connectivity index (χ0) is 17.0. The Morgan fingerprint density at radius 1 is 1.35 bits per heavy atom. The molecule has 1 atom stereocenters. The Hall–Kier alpha value is -2.50. The van der Waals surface area contributed by atoms with Gasteiger partial charge in [0.1, 0.15) is 23.5 Å². The Bertz CT molecular complexity index is 718. The number of benzene rings is 1. The fraction of sp³-hybridized carbons (Fsp3) is 0.353. The molecule has 2 aromatic rings.